The first-order chi connectivity index (χ1) is 17.7. The number of hydrogen-bond acceptors (Lipinski definition) is 7. The van der Waals surface area contributed by atoms with Crippen LogP contribution in [0.2, 0.25) is 0 Å². The second-order valence-electron chi connectivity index (χ2n) is 8.56. The highest BCUT2D eigenvalue weighted by molar-refractivity contribution is 5.69. The Balaban J connectivity index is 1.65. The van der Waals surface area contributed by atoms with E-state index in [1.54, 1.807) is 30.3 Å². The van der Waals surface area contributed by atoms with E-state index in [1.165, 1.54) is 23.8 Å². The van der Waals surface area contributed by atoms with Crippen molar-refractivity contribution in [2.75, 3.05) is 5.32 Å². The number of benzene rings is 2. The molecular formula is C26H25N5O6. The van der Waals surface area contributed by atoms with E-state index in [0.29, 0.717) is 17.2 Å². The van der Waals surface area contributed by atoms with Crippen LogP contribution in [-0.4, -0.2) is 30.2 Å². The summed E-state index contributed by atoms with van der Waals surface area (Å²) in [5.41, 5.74) is 0.633. The molecule has 0 aliphatic heterocycles. The lowest BCUT2D eigenvalue weighted by atomic mass is 10.1. The van der Waals surface area contributed by atoms with E-state index >= 15 is 0 Å². The van der Waals surface area contributed by atoms with Crippen molar-refractivity contribution in [3.05, 3.63) is 109 Å². The van der Waals surface area contributed by atoms with E-state index < -0.39 is 23.3 Å². The lowest BCUT2D eigenvalue weighted by Gasteiger charge is -2.17. The zero-order valence-electron chi connectivity index (χ0n) is 20.2. The lowest BCUT2D eigenvalue weighted by Crippen LogP contribution is -2.44. The topological polar surface area (TPSA) is 148 Å². The van der Waals surface area contributed by atoms with Crippen LogP contribution in [0.15, 0.2) is 81.2 Å². The van der Waals surface area contributed by atoms with Gasteiger partial charge in [-0.15, -0.1) is 0 Å². The number of nitrogens with one attached hydrogen (secondary N) is 2. The Morgan fingerprint density at radius 2 is 1.68 bits per heavy atom. The minimum absolute atomic E-state index is 0.0177. The normalized spacial score (nSPS) is 11.6. The Morgan fingerprint density at radius 1 is 1.00 bits per heavy atom. The Morgan fingerprint density at radius 3 is 2.30 bits per heavy atom. The SMILES string of the molecule is Cc1ccc(Cn2c(Nc3ccc(Oc4ccc(=O)[nH]c4)cc3)nc(=O)n(C[C@H](C)C(=O)O)c2=O)cc1. The van der Waals surface area contributed by atoms with Gasteiger partial charge in [-0.25, -0.2) is 14.2 Å². The van der Waals surface area contributed by atoms with Gasteiger partial charge >= 0.3 is 17.3 Å². The second-order valence-corrected chi connectivity index (χ2v) is 8.56. The molecule has 0 aliphatic carbocycles. The van der Waals surface area contributed by atoms with Crippen LogP contribution in [0.4, 0.5) is 11.6 Å². The van der Waals surface area contributed by atoms with E-state index in [0.717, 1.165) is 15.7 Å². The van der Waals surface area contributed by atoms with Gasteiger partial charge in [-0.1, -0.05) is 36.8 Å². The van der Waals surface area contributed by atoms with Crippen molar-refractivity contribution in [1.29, 1.82) is 0 Å². The standard InChI is InChI=1S/C26H25N5O6/c1-16-3-5-18(6-4-16)15-30-24(29-25(35)31(26(30)36)14-17(2)23(33)34)28-19-7-9-20(10-8-19)37-21-11-12-22(32)27-13-21/h3-13,17H,14-15H2,1-2H3,(H,27,32)(H,33,34)(H,28,29,35)/t17-/m0/s1. The molecule has 0 unspecified atom stereocenters. The largest absolute Gasteiger partial charge is 0.481 e. The number of ether oxygens (including phenoxy) is 1. The molecule has 0 fully saturated rings. The monoisotopic (exact) mass is 503 g/mol. The predicted molar refractivity (Wildman–Crippen MR) is 137 cm³/mol. The van der Waals surface area contributed by atoms with Gasteiger partial charge in [0.25, 0.3) is 0 Å². The minimum Gasteiger partial charge on any atom is -0.481 e. The van der Waals surface area contributed by atoms with Crippen molar-refractivity contribution in [1.82, 2.24) is 19.1 Å². The summed E-state index contributed by atoms with van der Waals surface area (Å²) < 4.78 is 7.82. The molecule has 1 atom stereocenters. The summed E-state index contributed by atoms with van der Waals surface area (Å²) in [7, 11) is 0. The summed E-state index contributed by atoms with van der Waals surface area (Å²) in [5, 5.41) is 12.3. The van der Waals surface area contributed by atoms with Crippen molar-refractivity contribution in [2.24, 2.45) is 5.92 Å². The van der Waals surface area contributed by atoms with Crippen molar-refractivity contribution in [2.45, 2.75) is 26.9 Å². The number of anilines is 2. The number of aryl methyl sites for hydroxylation is 1. The molecule has 2 aromatic heterocycles. The molecule has 3 N–H and O–H groups in total. The summed E-state index contributed by atoms with van der Waals surface area (Å²) in [6.45, 7) is 3.18. The predicted octanol–water partition coefficient (Wildman–Crippen LogP) is 2.71. The van der Waals surface area contributed by atoms with Crippen molar-refractivity contribution in [3.8, 4) is 11.5 Å². The van der Waals surface area contributed by atoms with Crippen molar-refractivity contribution >= 4 is 17.6 Å². The molecule has 4 aromatic rings. The number of carboxylic acids is 1. The Labute approximate surface area is 210 Å². The van der Waals surface area contributed by atoms with Crippen LogP contribution >= 0.6 is 0 Å². The number of H-pyrrole nitrogens is 1. The van der Waals surface area contributed by atoms with E-state index in [-0.39, 0.29) is 24.6 Å². The summed E-state index contributed by atoms with van der Waals surface area (Å²) >= 11 is 0. The number of pyridine rings is 1. The molecule has 0 radical (unpaired) electrons. The number of carboxylic acid groups (broad SMARTS) is 1. The number of aromatic amines is 1. The zero-order valence-corrected chi connectivity index (χ0v) is 20.2. The highest BCUT2D eigenvalue weighted by Crippen LogP contribution is 2.23. The van der Waals surface area contributed by atoms with Crippen LogP contribution in [0.1, 0.15) is 18.1 Å². The molecule has 0 saturated heterocycles. The molecule has 0 spiro atoms. The minimum atomic E-state index is -1.12. The van der Waals surface area contributed by atoms with Gasteiger partial charge in [-0.3, -0.25) is 14.2 Å². The number of rotatable bonds is 9. The first-order valence-electron chi connectivity index (χ1n) is 11.4. The van der Waals surface area contributed by atoms with Crippen LogP contribution in [0.5, 0.6) is 11.5 Å². The summed E-state index contributed by atoms with van der Waals surface area (Å²) in [6.07, 6.45) is 1.45. The van der Waals surface area contributed by atoms with Crippen LogP contribution < -0.4 is 27.0 Å². The summed E-state index contributed by atoms with van der Waals surface area (Å²) in [5.74, 6) is -1.10. The third-order valence-corrected chi connectivity index (χ3v) is 5.59. The number of nitrogens with zero attached hydrogens (tertiary/aromatic N) is 3. The van der Waals surface area contributed by atoms with Gasteiger partial charge in [0.05, 0.1) is 12.5 Å². The van der Waals surface area contributed by atoms with Gasteiger partial charge in [0, 0.05) is 24.5 Å². The molecule has 37 heavy (non-hydrogen) atoms. The first-order valence-corrected chi connectivity index (χ1v) is 11.4. The highest BCUT2D eigenvalue weighted by atomic mass is 16.5. The van der Waals surface area contributed by atoms with Crippen molar-refractivity contribution < 1.29 is 14.6 Å². The maximum absolute atomic E-state index is 13.3. The van der Waals surface area contributed by atoms with Gasteiger partial charge in [-0.05, 0) is 42.8 Å². The molecule has 0 bridgehead atoms. The Kier molecular flexibility index (Phi) is 7.33. The number of aromatic nitrogens is 4. The maximum atomic E-state index is 13.3. The fourth-order valence-corrected chi connectivity index (χ4v) is 3.48. The van der Waals surface area contributed by atoms with E-state index in [1.807, 2.05) is 31.2 Å². The zero-order chi connectivity index (χ0) is 26.5. The van der Waals surface area contributed by atoms with Gasteiger partial charge in [0.15, 0.2) is 0 Å². The molecule has 190 valence electrons. The second kappa shape index (κ2) is 10.8. The molecule has 0 saturated carbocycles. The quantitative estimate of drug-likeness (QED) is 0.316. The molecule has 2 aromatic carbocycles. The van der Waals surface area contributed by atoms with E-state index in [4.69, 9.17) is 4.74 Å². The third kappa shape index (κ3) is 6.20. The fraction of sp³-hybridized carbons (Fsp3) is 0.192. The smallest absolute Gasteiger partial charge is 0.354 e. The first kappa shape index (κ1) is 25.2. The molecular weight excluding hydrogens is 478 g/mol. The lowest BCUT2D eigenvalue weighted by molar-refractivity contribution is -0.141. The van der Waals surface area contributed by atoms with Crippen LogP contribution in [-0.2, 0) is 17.9 Å². The summed E-state index contributed by atoms with van der Waals surface area (Å²) in [4.78, 5) is 55.1. The molecule has 0 amide bonds. The van der Waals surface area contributed by atoms with Crippen molar-refractivity contribution in [3.63, 3.8) is 0 Å². The highest BCUT2D eigenvalue weighted by Gasteiger charge is 2.19. The number of carbonyl (C=O) groups is 1. The molecule has 0 aliphatic rings. The van der Waals surface area contributed by atoms with Gasteiger partial charge in [0.2, 0.25) is 11.5 Å². The molecule has 4 rings (SSSR count). The number of hydrogen-bond donors (Lipinski definition) is 3. The van der Waals surface area contributed by atoms with E-state index in [2.05, 4.69) is 15.3 Å². The molecule has 2 heterocycles. The molecule has 11 nitrogen and oxygen atoms in total. The third-order valence-electron chi connectivity index (χ3n) is 5.59. The van der Waals surface area contributed by atoms with Crippen LogP contribution in [0.25, 0.3) is 0 Å². The van der Waals surface area contributed by atoms with Crippen LogP contribution in [0, 0.1) is 12.8 Å². The average Bonchev–Trinajstić information content (AvgIpc) is 2.87. The summed E-state index contributed by atoms with van der Waals surface area (Å²) in [6, 6.07) is 17.1. The van der Waals surface area contributed by atoms with Gasteiger partial charge in [-0.2, -0.15) is 4.98 Å². The fourth-order valence-electron chi connectivity index (χ4n) is 3.48. The van der Waals surface area contributed by atoms with Gasteiger partial charge in [0.1, 0.15) is 11.5 Å². The average molecular weight is 504 g/mol. The Bertz CT molecular complexity index is 1570. The Hall–Kier alpha value is -4.93. The van der Waals surface area contributed by atoms with Gasteiger partial charge < -0.3 is 20.1 Å². The maximum Gasteiger partial charge on any atom is 0.354 e. The number of aliphatic carboxylic acids is 1. The van der Waals surface area contributed by atoms with Crippen LogP contribution in [0.3, 0.4) is 0 Å². The van der Waals surface area contributed by atoms with E-state index in [9.17, 15) is 24.3 Å². The molecule has 11 heteroatoms.